The third kappa shape index (κ3) is 10.1. The molecule has 302 valence electrons. The van der Waals surface area contributed by atoms with Crippen molar-refractivity contribution in [2.45, 2.75) is 115 Å². The van der Waals surface area contributed by atoms with Gasteiger partial charge < -0.3 is 47.0 Å². The molecular weight excluding hydrogens is 714 g/mol. The lowest BCUT2D eigenvalue weighted by Crippen LogP contribution is -2.67. The molecule has 4 bridgehead atoms. The monoisotopic (exact) mass is 771 g/mol. The van der Waals surface area contributed by atoms with Crippen molar-refractivity contribution < 1.29 is 45.0 Å². The number of aromatic hydroxyl groups is 6. The van der Waals surface area contributed by atoms with Gasteiger partial charge >= 0.3 is 0 Å². The highest BCUT2D eigenvalue weighted by atomic mass is 16.3. The van der Waals surface area contributed by atoms with Gasteiger partial charge in [-0.3, -0.25) is 14.4 Å². The summed E-state index contributed by atoms with van der Waals surface area (Å²) < 4.78 is 0. The number of carbonyl (C=O) groups excluding carboxylic acids is 3. The summed E-state index contributed by atoms with van der Waals surface area (Å²) in [6, 6.07) is 14.0. The molecule has 0 aromatic heterocycles. The van der Waals surface area contributed by atoms with Gasteiger partial charge in [0.1, 0.15) is 5.78 Å². The Bertz CT molecular complexity index is 1710. The number of benzene rings is 3. The number of hydrogen-bond donors (Lipinski definition) is 9. The van der Waals surface area contributed by atoms with Crippen LogP contribution in [-0.4, -0.2) is 66.9 Å². The Hall–Kier alpha value is -4.97. The van der Waals surface area contributed by atoms with Crippen molar-refractivity contribution in [1.82, 2.24) is 10.6 Å². The second kappa shape index (κ2) is 16.6. The van der Waals surface area contributed by atoms with Crippen LogP contribution in [0.25, 0.3) is 0 Å². The number of nitrogens with one attached hydrogen (secondary N) is 2. The van der Waals surface area contributed by atoms with E-state index in [0.29, 0.717) is 83.7 Å². The third-order valence-corrected chi connectivity index (χ3v) is 12.6. The minimum atomic E-state index is -0.451. The summed E-state index contributed by atoms with van der Waals surface area (Å²) in [5, 5.41) is 64.3. The maximum Gasteiger partial charge on any atom is 0.220 e. The molecule has 0 radical (unpaired) electrons. The number of hydrogen-bond acceptors (Lipinski definition) is 10. The highest BCUT2D eigenvalue weighted by Crippen LogP contribution is 2.73. The predicted molar refractivity (Wildman–Crippen MR) is 210 cm³/mol. The molecule has 2 unspecified atom stereocenters. The molecule has 12 nitrogen and oxygen atoms in total. The van der Waals surface area contributed by atoms with Gasteiger partial charge in [-0.05, 0) is 153 Å². The molecule has 4 saturated carbocycles. The number of ketones is 1. The van der Waals surface area contributed by atoms with Crippen LogP contribution < -0.4 is 16.4 Å². The van der Waals surface area contributed by atoms with Gasteiger partial charge in [0.25, 0.3) is 0 Å². The van der Waals surface area contributed by atoms with Crippen LogP contribution in [-0.2, 0) is 33.6 Å². The number of amides is 2. The van der Waals surface area contributed by atoms with Gasteiger partial charge in [-0.25, -0.2) is 0 Å². The second-order valence-electron chi connectivity index (χ2n) is 17.5. The smallest absolute Gasteiger partial charge is 0.220 e. The zero-order valence-electron chi connectivity index (χ0n) is 32.1. The molecule has 3 aromatic carbocycles. The molecule has 0 aliphatic heterocycles. The fourth-order valence-electron chi connectivity index (χ4n) is 11.0. The molecule has 4 aliphatic rings. The second-order valence-corrected chi connectivity index (χ2v) is 17.5. The molecule has 7 rings (SSSR count). The van der Waals surface area contributed by atoms with E-state index in [9.17, 15) is 45.0 Å². The number of Topliss-reactive ketones (excluding diaryl/α,β-unsaturated/α-hetero) is 1. The predicted octanol–water partition coefficient (Wildman–Crippen LogP) is 5.91. The summed E-state index contributed by atoms with van der Waals surface area (Å²) in [6.45, 7) is 0.785. The fraction of sp³-hybridized carbons (Fsp3) is 0.523. The number of phenols is 6. The van der Waals surface area contributed by atoms with Crippen molar-refractivity contribution in [1.29, 1.82) is 0 Å². The van der Waals surface area contributed by atoms with Crippen LogP contribution in [0.2, 0.25) is 0 Å². The summed E-state index contributed by atoms with van der Waals surface area (Å²) in [6.07, 6.45) is 10.9. The van der Waals surface area contributed by atoms with Crippen LogP contribution in [0.1, 0.15) is 107 Å². The Balaban J connectivity index is 1.08. The van der Waals surface area contributed by atoms with Crippen molar-refractivity contribution in [2.75, 3.05) is 13.1 Å². The van der Waals surface area contributed by atoms with E-state index in [1.807, 2.05) is 0 Å². The van der Waals surface area contributed by atoms with E-state index in [1.54, 1.807) is 18.2 Å². The van der Waals surface area contributed by atoms with Crippen LogP contribution >= 0.6 is 0 Å². The first kappa shape index (κ1) is 40.7. The van der Waals surface area contributed by atoms with E-state index in [1.165, 1.54) is 36.4 Å². The minimum Gasteiger partial charge on any atom is -0.504 e. The number of carbonyl (C=O) groups is 3. The maximum atomic E-state index is 13.3. The van der Waals surface area contributed by atoms with Crippen molar-refractivity contribution in [2.24, 2.45) is 22.0 Å². The third-order valence-electron chi connectivity index (χ3n) is 12.6. The van der Waals surface area contributed by atoms with Crippen LogP contribution in [0.15, 0.2) is 54.6 Å². The van der Waals surface area contributed by atoms with Gasteiger partial charge in [0, 0.05) is 44.3 Å². The number of rotatable bonds is 19. The standard InChI is InChI=1S/C44H57N3O9/c45-44-26-41(15-10-32(48)3-1-2-29-4-7-33(49)36(52)20-29)23-42(27-44,16-11-39(55)46-18-13-30-5-8-34(50)37(53)21-30)25-43(24-41,28-44)17-12-40(56)47-19-14-31-6-9-35(51)38(54)22-31/h4-9,20-22,49-54H,1-3,10-19,23-28,45H2,(H,46,55)(H,47,56). The lowest BCUT2D eigenvalue weighted by molar-refractivity contribution is -0.179. The lowest BCUT2D eigenvalue weighted by Gasteiger charge is -2.70. The average molecular weight is 772 g/mol. The molecule has 0 heterocycles. The van der Waals surface area contributed by atoms with E-state index in [4.69, 9.17) is 5.73 Å². The van der Waals surface area contributed by atoms with E-state index < -0.39 is 5.54 Å². The highest BCUT2D eigenvalue weighted by molar-refractivity contribution is 5.78. The number of nitrogens with two attached hydrogens (primary N) is 1. The minimum absolute atomic E-state index is 0.0589. The summed E-state index contributed by atoms with van der Waals surface area (Å²) >= 11 is 0. The van der Waals surface area contributed by atoms with Gasteiger partial charge in [-0.1, -0.05) is 18.2 Å². The molecule has 2 amide bonds. The molecule has 0 spiro atoms. The van der Waals surface area contributed by atoms with Gasteiger partial charge in [0.15, 0.2) is 34.5 Å². The highest BCUT2D eigenvalue weighted by Gasteiger charge is 2.66. The summed E-state index contributed by atoms with van der Waals surface area (Å²) in [5.74, 6) is -1.05. The average Bonchev–Trinajstić information content (AvgIpc) is 3.13. The van der Waals surface area contributed by atoms with Crippen LogP contribution in [0, 0.1) is 16.2 Å². The molecule has 10 N–H and O–H groups in total. The number of phenolic OH excluding ortho intramolecular Hbond substituents is 6. The normalized spacial score (nSPS) is 24.9. The Morgan fingerprint density at radius 1 is 0.500 bits per heavy atom. The molecule has 2 atom stereocenters. The van der Waals surface area contributed by atoms with Gasteiger partial charge in [0.2, 0.25) is 11.8 Å². The molecule has 12 heteroatoms. The molecular formula is C44H57N3O9. The van der Waals surface area contributed by atoms with E-state index in [0.717, 1.165) is 55.2 Å². The SMILES string of the molecule is NC12CC3(CCC(=O)CCCc4ccc(O)c(O)c4)CC(CCC(=O)NCCc4ccc(O)c(O)c4)(C1)CC(CCC(=O)NCCc1ccc(O)c(O)c1)(C2)C3. The summed E-state index contributed by atoms with van der Waals surface area (Å²) in [5.41, 5.74) is 8.75. The molecule has 4 fully saturated rings. The summed E-state index contributed by atoms with van der Waals surface area (Å²) in [7, 11) is 0. The molecule has 3 aromatic rings. The Morgan fingerprint density at radius 3 is 1.27 bits per heavy atom. The van der Waals surface area contributed by atoms with Gasteiger partial charge in [-0.2, -0.15) is 0 Å². The van der Waals surface area contributed by atoms with Gasteiger partial charge in [0.05, 0.1) is 0 Å². The van der Waals surface area contributed by atoms with E-state index in [2.05, 4.69) is 10.6 Å². The van der Waals surface area contributed by atoms with Crippen LogP contribution in [0.3, 0.4) is 0 Å². The first-order valence-electron chi connectivity index (χ1n) is 19.9. The first-order chi connectivity index (χ1) is 26.6. The largest absolute Gasteiger partial charge is 0.504 e. The van der Waals surface area contributed by atoms with E-state index in [-0.39, 0.29) is 68.3 Å². The Kier molecular flexibility index (Phi) is 12.1. The van der Waals surface area contributed by atoms with E-state index >= 15 is 0 Å². The zero-order valence-corrected chi connectivity index (χ0v) is 32.1. The Labute approximate surface area is 328 Å². The lowest BCUT2D eigenvalue weighted by atomic mass is 9.36. The molecule has 0 saturated heterocycles. The van der Waals surface area contributed by atoms with Crippen LogP contribution in [0.5, 0.6) is 34.5 Å². The summed E-state index contributed by atoms with van der Waals surface area (Å²) in [4.78, 5) is 39.7. The van der Waals surface area contributed by atoms with Crippen molar-refractivity contribution in [3.05, 3.63) is 71.3 Å². The van der Waals surface area contributed by atoms with Crippen molar-refractivity contribution >= 4 is 17.6 Å². The van der Waals surface area contributed by atoms with Gasteiger partial charge in [-0.15, -0.1) is 0 Å². The maximum absolute atomic E-state index is 13.3. The quantitative estimate of drug-likeness (QED) is 0.0656. The molecule has 56 heavy (non-hydrogen) atoms. The Morgan fingerprint density at radius 2 is 0.875 bits per heavy atom. The van der Waals surface area contributed by atoms with Crippen molar-refractivity contribution in [3.8, 4) is 34.5 Å². The first-order valence-corrected chi connectivity index (χ1v) is 19.9. The molecule has 4 aliphatic carbocycles. The fourth-order valence-corrected chi connectivity index (χ4v) is 11.0. The topological polar surface area (TPSA) is 223 Å². The van der Waals surface area contributed by atoms with Crippen LogP contribution in [0.4, 0.5) is 0 Å². The zero-order chi connectivity index (χ0) is 40.1. The number of aryl methyl sites for hydroxylation is 1. The van der Waals surface area contributed by atoms with Crippen molar-refractivity contribution in [3.63, 3.8) is 0 Å².